The number of nitro benzene ring substituents is 1. The van der Waals surface area contributed by atoms with Crippen molar-refractivity contribution in [2.45, 2.75) is 18.9 Å². The first-order valence-electron chi connectivity index (χ1n) is 8.00. The lowest BCUT2D eigenvalue weighted by Crippen LogP contribution is -2.41. The van der Waals surface area contributed by atoms with Gasteiger partial charge < -0.3 is 25.3 Å². The van der Waals surface area contributed by atoms with Crippen LogP contribution in [0, 0.1) is 16.0 Å². The Morgan fingerprint density at radius 3 is 2.54 bits per heavy atom. The SMILES string of the molecule is COCCOc1cc([N+](=O)[O-])c(C(=O)NC(CN)C2CC2)cc1OC.Cl. The Balaban J connectivity index is 0.00000338. The summed E-state index contributed by atoms with van der Waals surface area (Å²) in [6.45, 7) is 0.810. The van der Waals surface area contributed by atoms with Crippen LogP contribution in [-0.2, 0) is 4.74 Å². The molecule has 3 N–H and O–H groups in total. The molecule has 1 saturated carbocycles. The number of benzene rings is 1. The van der Waals surface area contributed by atoms with Gasteiger partial charge in [-0.1, -0.05) is 0 Å². The molecular weight excluding hydrogens is 366 g/mol. The summed E-state index contributed by atoms with van der Waals surface area (Å²) in [4.78, 5) is 23.3. The highest BCUT2D eigenvalue weighted by atomic mass is 35.5. The van der Waals surface area contributed by atoms with Gasteiger partial charge in [0.1, 0.15) is 12.2 Å². The molecule has 2 rings (SSSR count). The van der Waals surface area contributed by atoms with Gasteiger partial charge in [-0.25, -0.2) is 0 Å². The molecule has 0 heterocycles. The lowest BCUT2D eigenvalue weighted by molar-refractivity contribution is -0.385. The average Bonchev–Trinajstić information content (AvgIpc) is 3.44. The summed E-state index contributed by atoms with van der Waals surface area (Å²) in [6.07, 6.45) is 2.00. The number of rotatable bonds is 10. The molecule has 1 fully saturated rings. The second-order valence-electron chi connectivity index (χ2n) is 5.77. The summed E-state index contributed by atoms with van der Waals surface area (Å²) in [5.74, 6) is 0.213. The summed E-state index contributed by atoms with van der Waals surface area (Å²) < 4.78 is 15.5. The van der Waals surface area contributed by atoms with Crippen molar-refractivity contribution >= 4 is 24.0 Å². The molecule has 1 aliphatic rings. The lowest BCUT2D eigenvalue weighted by atomic mass is 10.1. The van der Waals surface area contributed by atoms with Crippen molar-refractivity contribution in [3.8, 4) is 11.5 Å². The number of methoxy groups -OCH3 is 2. The molecule has 0 bridgehead atoms. The summed E-state index contributed by atoms with van der Waals surface area (Å²) in [5, 5.41) is 14.2. The molecule has 1 amide bonds. The number of nitro groups is 1. The van der Waals surface area contributed by atoms with E-state index in [4.69, 9.17) is 19.9 Å². The molecule has 1 atom stereocenters. The molecule has 146 valence electrons. The smallest absolute Gasteiger partial charge is 0.286 e. The van der Waals surface area contributed by atoms with Gasteiger partial charge in [0.05, 0.1) is 24.7 Å². The fourth-order valence-electron chi connectivity index (χ4n) is 2.50. The van der Waals surface area contributed by atoms with Crippen molar-refractivity contribution in [2.24, 2.45) is 11.7 Å². The minimum absolute atomic E-state index is 0. The number of nitrogens with two attached hydrogens (primary N) is 1. The Hall–Kier alpha value is -2.10. The van der Waals surface area contributed by atoms with E-state index < -0.39 is 10.8 Å². The van der Waals surface area contributed by atoms with Crippen LogP contribution in [0.25, 0.3) is 0 Å². The van der Waals surface area contributed by atoms with Crippen molar-refractivity contribution in [3.05, 3.63) is 27.8 Å². The van der Waals surface area contributed by atoms with Crippen LogP contribution >= 0.6 is 12.4 Å². The standard InChI is InChI=1S/C16H23N3O6.ClH/c1-23-5-6-25-15-8-13(19(21)22)11(7-14(15)24-2)16(20)18-12(9-17)10-3-4-10;/h7-8,10,12H,3-6,9,17H2,1-2H3,(H,18,20);1H. The number of amides is 1. The topological polar surface area (TPSA) is 126 Å². The Labute approximate surface area is 157 Å². The fourth-order valence-corrected chi connectivity index (χ4v) is 2.50. The van der Waals surface area contributed by atoms with Crippen molar-refractivity contribution in [3.63, 3.8) is 0 Å². The van der Waals surface area contributed by atoms with Crippen molar-refractivity contribution in [1.29, 1.82) is 0 Å². The first-order valence-corrected chi connectivity index (χ1v) is 8.00. The largest absolute Gasteiger partial charge is 0.493 e. The zero-order valence-corrected chi connectivity index (χ0v) is 15.5. The Kier molecular flexibility index (Phi) is 8.56. The first kappa shape index (κ1) is 21.9. The molecule has 0 spiro atoms. The van der Waals surface area contributed by atoms with Gasteiger partial charge in [0.25, 0.3) is 11.6 Å². The number of hydrogen-bond donors (Lipinski definition) is 2. The van der Waals surface area contributed by atoms with E-state index in [1.807, 2.05) is 0 Å². The highest BCUT2D eigenvalue weighted by Gasteiger charge is 2.33. The third-order valence-electron chi connectivity index (χ3n) is 4.03. The number of carbonyl (C=O) groups is 1. The van der Waals surface area contributed by atoms with Crippen LogP contribution in [0.1, 0.15) is 23.2 Å². The van der Waals surface area contributed by atoms with Crippen LogP contribution in [-0.4, -0.2) is 50.9 Å². The molecule has 0 aliphatic heterocycles. The number of halogens is 1. The molecule has 1 aliphatic carbocycles. The Bertz CT molecular complexity index is 639. The first-order chi connectivity index (χ1) is 12.0. The van der Waals surface area contributed by atoms with Gasteiger partial charge in [0.15, 0.2) is 11.5 Å². The van der Waals surface area contributed by atoms with Gasteiger partial charge in [-0.15, -0.1) is 12.4 Å². The van der Waals surface area contributed by atoms with Crippen LogP contribution in [0.15, 0.2) is 12.1 Å². The predicted octanol–water partition coefficient (Wildman–Crippen LogP) is 1.52. The summed E-state index contributed by atoms with van der Waals surface area (Å²) in [7, 11) is 2.92. The van der Waals surface area contributed by atoms with E-state index in [0.717, 1.165) is 12.8 Å². The maximum atomic E-state index is 12.5. The van der Waals surface area contributed by atoms with Gasteiger partial charge in [0, 0.05) is 25.8 Å². The summed E-state index contributed by atoms with van der Waals surface area (Å²) >= 11 is 0. The van der Waals surface area contributed by atoms with E-state index in [-0.39, 0.29) is 47.8 Å². The molecule has 0 saturated heterocycles. The number of nitrogens with zero attached hydrogens (tertiary/aromatic N) is 1. The van der Waals surface area contributed by atoms with E-state index in [9.17, 15) is 14.9 Å². The van der Waals surface area contributed by atoms with E-state index in [1.54, 1.807) is 0 Å². The highest BCUT2D eigenvalue weighted by molar-refractivity contribution is 5.99. The van der Waals surface area contributed by atoms with E-state index >= 15 is 0 Å². The van der Waals surface area contributed by atoms with E-state index in [2.05, 4.69) is 5.32 Å². The van der Waals surface area contributed by atoms with Gasteiger partial charge in [-0.3, -0.25) is 14.9 Å². The third-order valence-corrected chi connectivity index (χ3v) is 4.03. The average molecular weight is 390 g/mol. The van der Waals surface area contributed by atoms with Crippen LogP contribution in [0.2, 0.25) is 0 Å². The maximum Gasteiger partial charge on any atom is 0.286 e. The molecule has 9 nitrogen and oxygen atoms in total. The molecule has 1 unspecified atom stereocenters. The zero-order chi connectivity index (χ0) is 18.4. The predicted molar refractivity (Wildman–Crippen MR) is 97.3 cm³/mol. The Morgan fingerprint density at radius 1 is 1.35 bits per heavy atom. The second-order valence-corrected chi connectivity index (χ2v) is 5.77. The molecule has 0 aromatic heterocycles. The van der Waals surface area contributed by atoms with Crippen LogP contribution < -0.4 is 20.5 Å². The number of carbonyl (C=O) groups excluding carboxylic acids is 1. The van der Waals surface area contributed by atoms with Crippen molar-refractivity contribution < 1.29 is 23.9 Å². The van der Waals surface area contributed by atoms with Gasteiger partial charge >= 0.3 is 0 Å². The van der Waals surface area contributed by atoms with Crippen LogP contribution in [0.5, 0.6) is 11.5 Å². The van der Waals surface area contributed by atoms with Crippen LogP contribution in [0.4, 0.5) is 5.69 Å². The van der Waals surface area contributed by atoms with Crippen molar-refractivity contribution in [1.82, 2.24) is 5.32 Å². The van der Waals surface area contributed by atoms with Gasteiger partial charge in [0.2, 0.25) is 0 Å². The third kappa shape index (κ3) is 5.45. The summed E-state index contributed by atoms with van der Waals surface area (Å²) in [5.41, 5.74) is 5.25. The highest BCUT2D eigenvalue weighted by Crippen LogP contribution is 2.36. The second kappa shape index (κ2) is 10.1. The van der Waals surface area contributed by atoms with Gasteiger partial charge in [-0.05, 0) is 18.8 Å². The fraction of sp³-hybridized carbons (Fsp3) is 0.562. The van der Waals surface area contributed by atoms with Crippen molar-refractivity contribution in [2.75, 3.05) is 34.0 Å². The van der Waals surface area contributed by atoms with E-state index in [0.29, 0.717) is 19.1 Å². The van der Waals surface area contributed by atoms with Crippen LogP contribution in [0.3, 0.4) is 0 Å². The quantitative estimate of drug-likeness (QED) is 0.353. The van der Waals surface area contributed by atoms with Gasteiger partial charge in [-0.2, -0.15) is 0 Å². The number of ether oxygens (including phenoxy) is 3. The monoisotopic (exact) mass is 389 g/mol. The minimum atomic E-state index is -0.619. The van der Waals surface area contributed by atoms with E-state index in [1.165, 1.54) is 26.4 Å². The lowest BCUT2D eigenvalue weighted by Gasteiger charge is -2.17. The molecule has 26 heavy (non-hydrogen) atoms. The zero-order valence-electron chi connectivity index (χ0n) is 14.7. The normalized spacial score (nSPS) is 14.1. The molecule has 0 radical (unpaired) electrons. The molecule has 10 heteroatoms. The minimum Gasteiger partial charge on any atom is -0.493 e. The number of nitrogens with one attached hydrogen (secondary N) is 1. The summed E-state index contributed by atoms with van der Waals surface area (Å²) in [6, 6.07) is 2.32. The molecule has 1 aromatic carbocycles. The Morgan fingerprint density at radius 2 is 2.04 bits per heavy atom. The number of hydrogen-bond acceptors (Lipinski definition) is 7. The molecule has 1 aromatic rings. The maximum absolute atomic E-state index is 12.5. The molecular formula is C16H24ClN3O6.